The van der Waals surface area contributed by atoms with E-state index in [1.807, 2.05) is 41.8 Å². The first-order valence-corrected chi connectivity index (χ1v) is 10.6. The van der Waals surface area contributed by atoms with Gasteiger partial charge in [-0.25, -0.2) is 9.66 Å². The number of nitrogens with zero attached hydrogens (tertiary/aromatic N) is 2. The SMILES string of the molecule is Nn1c(SCc2ccc(Cl)cc2Cl)nc2scc(-c3ccccc3)c2c1=O. The van der Waals surface area contributed by atoms with Crippen LogP contribution in [0.1, 0.15) is 5.56 Å². The van der Waals surface area contributed by atoms with Crippen molar-refractivity contribution < 1.29 is 0 Å². The molecule has 4 rings (SSSR count). The van der Waals surface area contributed by atoms with E-state index in [9.17, 15) is 4.79 Å². The van der Waals surface area contributed by atoms with Crippen molar-refractivity contribution >= 4 is 56.5 Å². The van der Waals surface area contributed by atoms with Gasteiger partial charge in [0, 0.05) is 26.7 Å². The Hall–Kier alpha value is -1.99. The minimum atomic E-state index is -0.259. The van der Waals surface area contributed by atoms with E-state index in [0.717, 1.165) is 21.4 Å². The Morgan fingerprint density at radius 2 is 1.93 bits per heavy atom. The zero-order valence-electron chi connectivity index (χ0n) is 13.9. The molecule has 2 heterocycles. The van der Waals surface area contributed by atoms with Crippen LogP contribution in [0.5, 0.6) is 0 Å². The molecule has 0 unspecified atom stereocenters. The molecule has 136 valence electrons. The summed E-state index contributed by atoms with van der Waals surface area (Å²) in [5, 5.41) is 4.09. The molecule has 0 radical (unpaired) electrons. The van der Waals surface area contributed by atoms with Crippen LogP contribution in [-0.4, -0.2) is 9.66 Å². The third-order valence-electron chi connectivity index (χ3n) is 4.06. The number of hydrogen-bond acceptors (Lipinski definition) is 5. The van der Waals surface area contributed by atoms with Gasteiger partial charge in [0.05, 0.1) is 5.39 Å². The molecule has 0 atom stereocenters. The van der Waals surface area contributed by atoms with Gasteiger partial charge in [-0.05, 0) is 23.3 Å². The molecule has 0 bridgehead atoms. The zero-order valence-corrected chi connectivity index (χ0v) is 17.0. The van der Waals surface area contributed by atoms with Crippen LogP contribution in [0.2, 0.25) is 10.0 Å². The Bertz CT molecular complexity index is 1190. The lowest BCUT2D eigenvalue weighted by atomic mass is 10.1. The molecule has 0 aliphatic heterocycles. The van der Waals surface area contributed by atoms with E-state index in [1.165, 1.54) is 23.1 Å². The fourth-order valence-electron chi connectivity index (χ4n) is 2.70. The minimum absolute atomic E-state index is 0.259. The number of rotatable bonds is 4. The van der Waals surface area contributed by atoms with Crippen LogP contribution in [0.4, 0.5) is 0 Å². The number of thiophene rings is 1. The molecule has 0 saturated heterocycles. The van der Waals surface area contributed by atoms with Crippen molar-refractivity contribution in [3.8, 4) is 11.1 Å². The number of thioether (sulfide) groups is 1. The van der Waals surface area contributed by atoms with Crippen molar-refractivity contribution in [3.63, 3.8) is 0 Å². The first-order chi connectivity index (χ1) is 13.0. The monoisotopic (exact) mass is 433 g/mol. The quantitative estimate of drug-likeness (QED) is 0.264. The van der Waals surface area contributed by atoms with Crippen molar-refractivity contribution in [2.24, 2.45) is 0 Å². The first-order valence-electron chi connectivity index (χ1n) is 7.96. The summed E-state index contributed by atoms with van der Waals surface area (Å²) in [5.41, 5.74) is 2.46. The summed E-state index contributed by atoms with van der Waals surface area (Å²) in [7, 11) is 0. The summed E-state index contributed by atoms with van der Waals surface area (Å²) in [4.78, 5) is 18.1. The predicted octanol–water partition coefficient (Wildman–Crippen LogP) is 5.44. The molecule has 2 aromatic heterocycles. The number of nitrogen functional groups attached to an aromatic ring is 1. The van der Waals surface area contributed by atoms with E-state index in [4.69, 9.17) is 29.0 Å². The van der Waals surface area contributed by atoms with Crippen LogP contribution < -0.4 is 11.4 Å². The smallest absolute Gasteiger partial charge is 0.282 e. The molecule has 2 aromatic carbocycles. The number of halogens is 2. The van der Waals surface area contributed by atoms with Gasteiger partial charge in [0.2, 0.25) is 0 Å². The second-order valence-electron chi connectivity index (χ2n) is 5.79. The Labute approximate surface area is 173 Å². The molecule has 4 aromatic rings. The van der Waals surface area contributed by atoms with Gasteiger partial charge in [0.25, 0.3) is 5.56 Å². The molecule has 4 nitrogen and oxygen atoms in total. The third kappa shape index (κ3) is 3.58. The molecule has 2 N–H and O–H groups in total. The first kappa shape index (κ1) is 18.4. The standard InChI is InChI=1S/C19H13Cl2N3OS2/c20-13-7-6-12(15(21)8-13)9-27-19-23-17-16(18(25)24(19)22)14(10-26-17)11-4-2-1-3-5-11/h1-8,10H,9,22H2. The lowest BCUT2D eigenvalue weighted by Gasteiger charge is -2.08. The summed E-state index contributed by atoms with van der Waals surface area (Å²) < 4.78 is 1.11. The van der Waals surface area contributed by atoms with Gasteiger partial charge < -0.3 is 5.84 Å². The molecule has 0 aliphatic rings. The molecule has 0 aliphatic carbocycles. The van der Waals surface area contributed by atoms with E-state index in [1.54, 1.807) is 12.1 Å². The van der Waals surface area contributed by atoms with Crippen molar-refractivity contribution in [1.82, 2.24) is 9.66 Å². The molecule has 0 amide bonds. The van der Waals surface area contributed by atoms with Gasteiger partial charge in [0.1, 0.15) is 4.83 Å². The van der Waals surface area contributed by atoms with Crippen LogP contribution in [0.3, 0.4) is 0 Å². The summed E-state index contributed by atoms with van der Waals surface area (Å²) in [6, 6.07) is 15.1. The number of nitrogens with two attached hydrogens (primary N) is 1. The van der Waals surface area contributed by atoms with E-state index in [2.05, 4.69) is 4.98 Å². The van der Waals surface area contributed by atoms with E-state index in [-0.39, 0.29) is 5.56 Å². The van der Waals surface area contributed by atoms with E-state index < -0.39 is 0 Å². The number of aromatic nitrogens is 2. The van der Waals surface area contributed by atoms with Crippen molar-refractivity contribution in [1.29, 1.82) is 0 Å². The molecular weight excluding hydrogens is 421 g/mol. The summed E-state index contributed by atoms with van der Waals surface area (Å²) in [5.74, 6) is 6.58. The van der Waals surface area contributed by atoms with E-state index in [0.29, 0.717) is 31.2 Å². The van der Waals surface area contributed by atoms with Gasteiger partial charge in [-0.1, -0.05) is 71.4 Å². The van der Waals surface area contributed by atoms with E-state index >= 15 is 0 Å². The Kier molecular flexibility index (Phi) is 5.14. The van der Waals surface area contributed by atoms with Crippen molar-refractivity contribution in [2.45, 2.75) is 10.9 Å². The Morgan fingerprint density at radius 1 is 1.15 bits per heavy atom. The number of fused-ring (bicyclic) bond motifs is 1. The minimum Gasteiger partial charge on any atom is -0.334 e. The largest absolute Gasteiger partial charge is 0.334 e. The van der Waals surface area contributed by atoms with Crippen LogP contribution >= 0.6 is 46.3 Å². The normalized spacial score (nSPS) is 11.2. The average Bonchev–Trinajstić information content (AvgIpc) is 3.09. The maximum atomic E-state index is 12.9. The van der Waals surface area contributed by atoms with Crippen molar-refractivity contribution in [2.75, 3.05) is 5.84 Å². The molecule has 0 fully saturated rings. The highest BCUT2D eigenvalue weighted by Crippen LogP contribution is 2.33. The van der Waals surface area contributed by atoms with Crippen LogP contribution in [0, 0.1) is 0 Å². The molecule has 0 spiro atoms. The molecule has 27 heavy (non-hydrogen) atoms. The lowest BCUT2D eigenvalue weighted by Crippen LogP contribution is -2.29. The van der Waals surface area contributed by atoms with Crippen LogP contribution in [0.15, 0.2) is 63.9 Å². The van der Waals surface area contributed by atoms with Gasteiger partial charge in [0.15, 0.2) is 5.16 Å². The number of benzene rings is 2. The topological polar surface area (TPSA) is 60.9 Å². The fraction of sp³-hybridized carbons (Fsp3) is 0.0526. The van der Waals surface area contributed by atoms with Gasteiger partial charge in [-0.2, -0.15) is 0 Å². The maximum absolute atomic E-state index is 12.9. The van der Waals surface area contributed by atoms with Crippen LogP contribution in [0.25, 0.3) is 21.3 Å². The summed E-state index contributed by atoms with van der Waals surface area (Å²) >= 11 is 14.9. The molecule has 8 heteroatoms. The maximum Gasteiger partial charge on any atom is 0.282 e. The van der Waals surface area contributed by atoms with Gasteiger partial charge in [-0.15, -0.1) is 11.3 Å². The highest BCUT2D eigenvalue weighted by atomic mass is 35.5. The Balaban J connectivity index is 1.71. The zero-order chi connectivity index (χ0) is 19.0. The highest BCUT2D eigenvalue weighted by Gasteiger charge is 2.16. The third-order valence-corrected chi connectivity index (χ3v) is 6.52. The fourth-order valence-corrected chi connectivity index (χ4v) is 5.16. The second kappa shape index (κ2) is 7.56. The lowest BCUT2D eigenvalue weighted by molar-refractivity contribution is 0.782. The molecule has 0 saturated carbocycles. The number of hydrogen-bond donors (Lipinski definition) is 1. The summed E-state index contributed by atoms with van der Waals surface area (Å²) in [6.07, 6.45) is 0. The van der Waals surface area contributed by atoms with Gasteiger partial charge in [-0.3, -0.25) is 4.79 Å². The second-order valence-corrected chi connectivity index (χ2v) is 8.43. The summed E-state index contributed by atoms with van der Waals surface area (Å²) in [6.45, 7) is 0. The van der Waals surface area contributed by atoms with Crippen LogP contribution in [-0.2, 0) is 5.75 Å². The van der Waals surface area contributed by atoms with Crippen molar-refractivity contribution in [3.05, 3.63) is 79.9 Å². The van der Waals surface area contributed by atoms with Gasteiger partial charge >= 0.3 is 0 Å². The predicted molar refractivity (Wildman–Crippen MR) is 115 cm³/mol. The highest BCUT2D eigenvalue weighted by molar-refractivity contribution is 7.98. The molecular formula is C19H13Cl2N3OS2. The average molecular weight is 434 g/mol. The Morgan fingerprint density at radius 3 is 2.67 bits per heavy atom.